The molecular weight excluding hydrogens is 302 g/mol. The highest BCUT2D eigenvalue weighted by Crippen LogP contribution is 2.23. The zero-order valence-corrected chi connectivity index (χ0v) is 13.0. The summed E-state index contributed by atoms with van der Waals surface area (Å²) in [4.78, 5) is 23.4. The zero-order valence-electron chi connectivity index (χ0n) is 12.1. The normalized spacial score (nSPS) is 11.0. The molecule has 1 N–H and O–H groups in total. The van der Waals surface area contributed by atoms with Crippen molar-refractivity contribution >= 4 is 29.1 Å². The van der Waals surface area contributed by atoms with E-state index in [1.54, 1.807) is 23.6 Å². The monoisotopic (exact) mass is 317 g/mol. The number of thiophene rings is 1. The van der Waals surface area contributed by atoms with Crippen LogP contribution in [-0.4, -0.2) is 17.0 Å². The summed E-state index contributed by atoms with van der Waals surface area (Å²) in [6.45, 7) is 4.11. The summed E-state index contributed by atoms with van der Waals surface area (Å²) >= 11 is 1.52. The molecule has 0 atom stereocenters. The highest BCUT2D eigenvalue weighted by Gasteiger charge is 2.11. The maximum Gasteiger partial charge on any atom is 0.278 e. The van der Waals surface area contributed by atoms with E-state index in [9.17, 15) is 14.9 Å². The van der Waals surface area contributed by atoms with Crippen molar-refractivity contribution in [1.82, 2.24) is 5.43 Å². The fraction of sp³-hybridized carbons (Fsp3) is 0.200. The first-order chi connectivity index (χ1) is 10.5. The first kappa shape index (κ1) is 15.8. The summed E-state index contributed by atoms with van der Waals surface area (Å²) in [7, 11) is 0. The van der Waals surface area contributed by atoms with Crippen LogP contribution >= 0.6 is 11.3 Å². The molecule has 0 bridgehead atoms. The van der Waals surface area contributed by atoms with Crippen LogP contribution in [0.2, 0.25) is 0 Å². The third kappa shape index (κ3) is 3.76. The van der Waals surface area contributed by atoms with Crippen molar-refractivity contribution in [2.75, 3.05) is 0 Å². The minimum Gasteiger partial charge on any atom is -0.267 e. The number of hydrogen-bond donors (Lipinski definition) is 1. The van der Waals surface area contributed by atoms with Crippen LogP contribution in [0.15, 0.2) is 40.8 Å². The lowest BCUT2D eigenvalue weighted by Crippen LogP contribution is -2.16. The number of benzene rings is 1. The highest BCUT2D eigenvalue weighted by molar-refractivity contribution is 7.10. The van der Waals surface area contributed by atoms with Gasteiger partial charge in [0.2, 0.25) is 0 Å². The van der Waals surface area contributed by atoms with Gasteiger partial charge in [-0.2, -0.15) is 5.10 Å². The van der Waals surface area contributed by atoms with Crippen LogP contribution < -0.4 is 5.43 Å². The Balaban J connectivity index is 2.06. The molecule has 1 aromatic carbocycles. The number of amides is 1. The minimum atomic E-state index is -0.489. The van der Waals surface area contributed by atoms with Crippen molar-refractivity contribution in [3.63, 3.8) is 0 Å². The largest absolute Gasteiger partial charge is 0.278 e. The standard InChI is InChI=1S/C15H15N3O3S/c1-10(2)14-7-12(9-22-14)15(19)17-16-8-11-5-3-4-6-13(11)18(20)21/h3-10H,1-2H3,(H,17,19)/b16-8+. The van der Waals surface area contributed by atoms with E-state index in [-0.39, 0.29) is 11.6 Å². The van der Waals surface area contributed by atoms with Gasteiger partial charge in [-0.3, -0.25) is 14.9 Å². The molecule has 7 heteroatoms. The van der Waals surface area contributed by atoms with Crippen molar-refractivity contribution in [2.45, 2.75) is 19.8 Å². The van der Waals surface area contributed by atoms with Crippen LogP contribution in [0.5, 0.6) is 0 Å². The van der Waals surface area contributed by atoms with Gasteiger partial charge >= 0.3 is 0 Å². The van der Waals surface area contributed by atoms with Crippen LogP contribution in [0.4, 0.5) is 5.69 Å². The van der Waals surface area contributed by atoms with Gasteiger partial charge in [-0.1, -0.05) is 26.0 Å². The van der Waals surface area contributed by atoms with Crippen LogP contribution in [-0.2, 0) is 0 Å². The fourth-order valence-electron chi connectivity index (χ4n) is 1.76. The summed E-state index contributed by atoms with van der Waals surface area (Å²) in [5, 5.41) is 16.4. The Morgan fingerprint density at radius 1 is 1.41 bits per heavy atom. The molecule has 0 aliphatic rings. The summed E-state index contributed by atoms with van der Waals surface area (Å²) < 4.78 is 0. The summed E-state index contributed by atoms with van der Waals surface area (Å²) in [5.41, 5.74) is 3.19. The number of hydrazone groups is 1. The Morgan fingerprint density at radius 3 is 2.77 bits per heavy atom. The summed E-state index contributed by atoms with van der Waals surface area (Å²) in [5.74, 6) is 0.0278. The number of para-hydroxylation sites is 1. The number of hydrogen-bond acceptors (Lipinski definition) is 5. The van der Waals surface area contributed by atoms with Gasteiger partial charge in [0.25, 0.3) is 11.6 Å². The molecule has 2 aromatic rings. The van der Waals surface area contributed by atoms with Gasteiger partial charge in [0.1, 0.15) is 0 Å². The third-order valence-electron chi connectivity index (χ3n) is 2.95. The molecule has 1 amide bonds. The van der Waals surface area contributed by atoms with Gasteiger partial charge in [-0.05, 0) is 18.1 Å². The summed E-state index contributed by atoms with van der Waals surface area (Å²) in [6, 6.07) is 8.02. The summed E-state index contributed by atoms with van der Waals surface area (Å²) in [6.07, 6.45) is 1.27. The van der Waals surface area contributed by atoms with Crippen molar-refractivity contribution in [3.05, 3.63) is 61.8 Å². The molecule has 0 spiro atoms. The number of carbonyl (C=O) groups is 1. The first-order valence-electron chi connectivity index (χ1n) is 6.64. The minimum absolute atomic E-state index is 0.0573. The van der Waals surface area contributed by atoms with Crippen LogP contribution in [0.1, 0.15) is 40.6 Å². The third-order valence-corrected chi connectivity index (χ3v) is 4.19. The first-order valence-corrected chi connectivity index (χ1v) is 7.52. The molecule has 1 aromatic heterocycles. The molecule has 0 unspecified atom stereocenters. The van der Waals surface area contributed by atoms with Crippen molar-refractivity contribution in [2.24, 2.45) is 5.10 Å². The Hall–Kier alpha value is -2.54. The molecule has 0 radical (unpaired) electrons. The number of carbonyl (C=O) groups excluding carboxylic acids is 1. The van der Waals surface area contributed by atoms with Crippen LogP contribution in [0, 0.1) is 10.1 Å². The second-order valence-electron chi connectivity index (χ2n) is 4.91. The quantitative estimate of drug-likeness (QED) is 0.520. The smallest absolute Gasteiger partial charge is 0.267 e. The average Bonchev–Trinajstić information content (AvgIpc) is 2.97. The Labute approximate surface area is 131 Å². The van der Waals surface area contributed by atoms with Gasteiger partial charge < -0.3 is 0 Å². The molecule has 0 aliphatic heterocycles. The van der Waals surface area contributed by atoms with E-state index in [2.05, 4.69) is 24.4 Å². The van der Waals surface area contributed by atoms with E-state index < -0.39 is 4.92 Å². The molecular formula is C15H15N3O3S. The van der Waals surface area contributed by atoms with Crippen LogP contribution in [0.3, 0.4) is 0 Å². The Kier molecular flexibility index (Phi) is 5.00. The molecule has 114 valence electrons. The average molecular weight is 317 g/mol. The zero-order chi connectivity index (χ0) is 16.1. The molecule has 22 heavy (non-hydrogen) atoms. The van der Waals surface area contributed by atoms with Crippen molar-refractivity contribution in [3.8, 4) is 0 Å². The van der Waals surface area contributed by atoms with E-state index in [1.807, 2.05) is 6.07 Å². The van der Waals surface area contributed by atoms with E-state index in [1.165, 1.54) is 23.6 Å². The second-order valence-corrected chi connectivity index (χ2v) is 5.85. The Morgan fingerprint density at radius 2 is 2.14 bits per heavy atom. The number of nitro groups is 1. The lowest BCUT2D eigenvalue weighted by Gasteiger charge is -1.99. The maximum atomic E-state index is 11.9. The molecule has 6 nitrogen and oxygen atoms in total. The predicted octanol–water partition coefficient (Wildman–Crippen LogP) is 3.54. The lowest BCUT2D eigenvalue weighted by atomic mass is 10.1. The van der Waals surface area contributed by atoms with E-state index in [0.29, 0.717) is 17.0 Å². The number of nitrogens with one attached hydrogen (secondary N) is 1. The molecule has 2 rings (SSSR count). The van der Waals surface area contributed by atoms with Gasteiger partial charge in [0.15, 0.2) is 0 Å². The molecule has 0 saturated carbocycles. The van der Waals surface area contributed by atoms with Crippen LogP contribution in [0.25, 0.3) is 0 Å². The molecule has 0 saturated heterocycles. The molecule has 0 aliphatic carbocycles. The molecule has 1 heterocycles. The fourth-order valence-corrected chi connectivity index (χ4v) is 2.67. The van der Waals surface area contributed by atoms with E-state index >= 15 is 0 Å². The van der Waals surface area contributed by atoms with Crippen molar-refractivity contribution < 1.29 is 9.72 Å². The second kappa shape index (κ2) is 6.95. The SMILES string of the molecule is CC(C)c1cc(C(=O)N/N=C/c2ccccc2[N+](=O)[O-])cs1. The Bertz CT molecular complexity index is 722. The lowest BCUT2D eigenvalue weighted by molar-refractivity contribution is -0.385. The van der Waals surface area contributed by atoms with E-state index in [4.69, 9.17) is 0 Å². The van der Waals surface area contributed by atoms with E-state index in [0.717, 1.165) is 4.88 Å². The van der Waals surface area contributed by atoms with Gasteiger partial charge in [-0.25, -0.2) is 5.43 Å². The molecule has 0 fully saturated rings. The number of nitrogens with zero attached hydrogens (tertiary/aromatic N) is 2. The van der Waals surface area contributed by atoms with Gasteiger partial charge in [0.05, 0.1) is 22.3 Å². The predicted molar refractivity (Wildman–Crippen MR) is 86.6 cm³/mol. The number of nitro benzene ring substituents is 1. The number of rotatable bonds is 5. The van der Waals surface area contributed by atoms with Gasteiger partial charge in [0, 0.05) is 16.3 Å². The maximum absolute atomic E-state index is 11.9. The topological polar surface area (TPSA) is 84.6 Å². The van der Waals surface area contributed by atoms with Gasteiger partial charge in [-0.15, -0.1) is 11.3 Å². The van der Waals surface area contributed by atoms with Crippen molar-refractivity contribution in [1.29, 1.82) is 0 Å². The highest BCUT2D eigenvalue weighted by atomic mass is 32.1.